The molecule has 0 saturated carbocycles. The number of quaternary nitrogens is 2. The molecule has 4 rings (SSSR count). The van der Waals surface area contributed by atoms with E-state index in [-0.39, 0.29) is 101 Å². The lowest BCUT2D eigenvalue weighted by molar-refractivity contribution is -1.10. The van der Waals surface area contributed by atoms with Gasteiger partial charge in [-0.1, -0.05) is 64.1 Å². The van der Waals surface area contributed by atoms with Crippen LogP contribution in [-0.4, -0.2) is 120 Å². The minimum Gasteiger partial charge on any atom is -0.467 e. The van der Waals surface area contributed by atoms with Gasteiger partial charge in [-0.25, -0.2) is 38.1 Å². The summed E-state index contributed by atoms with van der Waals surface area (Å²) in [6, 6.07) is 11.7. The fraction of sp³-hybridized carbons (Fsp3) is 0.571. The normalized spacial score (nSPS) is 24.0. The first-order valence-electron chi connectivity index (χ1n) is 20.0. The molecule has 2 aliphatic rings. The molecule has 330 valence electrons. The van der Waals surface area contributed by atoms with Gasteiger partial charge in [0.15, 0.2) is 11.1 Å². The molecule has 2 saturated heterocycles. The number of amides is 2. The number of halogens is 2. The third kappa shape index (κ3) is 10.8. The monoisotopic (exact) mass is 848 g/mol. The molecule has 0 radical (unpaired) electrons. The van der Waals surface area contributed by atoms with E-state index in [1.807, 2.05) is 27.7 Å². The second kappa shape index (κ2) is 20.0. The number of esters is 2. The van der Waals surface area contributed by atoms with Crippen molar-refractivity contribution in [2.45, 2.75) is 91.5 Å². The topological polar surface area (TPSA) is 164 Å². The van der Waals surface area contributed by atoms with Gasteiger partial charge in [-0.05, 0) is 12.1 Å². The average molecular weight is 849 g/mol. The number of benzene rings is 2. The fourth-order valence-corrected chi connectivity index (χ4v) is 8.30. The maximum atomic E-state index is 14.5. The van der Waals surface area contributed by atoms with E-state index < -0.39 is 67.7 Å². The first kappa shape index (κ1) is 47.6. The van der Waals surface area contributed by atoms with Crippen LogP contribution in [-0.2, 0) is 70.8 Å². The van der Waals surface area contributed by atoms with E-state index in [2.05, 4.69) is 0 Å². The first-order valence-corrected chi connectivity index (χ1v) is 20.0. The predicted molar refractivity (Wildman–Crippen MR) is 207 cm³/mol. The lowest BCUT2D eigenvalue weighted by atomic mass is 9.86. The van der Waals surface area contributed by atoms with Crippen LogP contribution in [0.2, 0.25) is 0 Å². The van der Waals surface area contributed by atoms with Crippen molar-refractivity contribution in [2.24, 2.45) is 11.8 Å². The number of rotatable bonds is 16. The summed E-state index contributed by atoms with van der Waals surface area (Å²) in [5.74, 6) is -6.70. The summed E-state index contributed by atoms with van der Waals surface area (Å²) < 4.78 is 38.4. The van der Waals surface area contributed by atoms with Crippen LogP contribution in [0, 0.1) is 23.5 Å². The van der Waals surface area contributed by atoms with Crippen LogP contribution in [0.5, 0.6) is 0 Å². The van der Waals surface area contributed by atoms with Gasteiger partial charge < -0.3 is 9.47 Å². The molecule has 2 aliphatic heterocycles. The zero-order valence-corrected chi connectivity index (χ0v) is 35.7. The van der Waals surface area contributed by atoms with Crippen LogP contribution in [0.25, 0.3) is 0 Å². The van der Waals surface area contributed by atoms with Crippen molar-refractivity contribution in [2.75, 3.05) is 53.5 Å². The van der Waals surface area contributed by atoms with Crippen LogP contribution in [0.3, 0.4) is 0 Å². The summed E-state index contributed by atoms with van der Waals surface area (Å²) in [6.07, 6.45) is -0.444. The molecule has 0 bridgehead atoms. The number of carbonyl (C=O) groups is 6. The number of piperidine rings is 2. The van der Waals surface area contributed by atoms with Gasteiger partial charge in [0.1, 0.15) is 64.1 Å². The van der Waals surface area contributed by atoms with Crippen molar-refractivity contribution in [1.29, 1.82) is 0 Å². The second-order valence-electron chi connectivity index (χ2n) is 16.3. The van der Waals surface area contributed by atoms with Crippen LogP contribution < -0.4 is 0 Å². The Balaban J connectivity index is 1.55. The summed E-state index contributed by atoms with van der Waals surface area (Å²) in [4.78, 5) is 104. The van der Waals surface area contributed by atoms with Crippen molar-refractivity contribution in [1.82, 2.24) is 10.1 Å². The molecule has 0 spiro atoms. The van der Waals surface area contributed by atoms with Crippen LogP contribution in [0.15, 0.2) is 48.5 Å². The molecular formula is C42H58F2N4O12+2. The van der Waals surface area contributed by atoms with Gasteiger partial charge in [0, 0.05) is 62.5 Å². The van der Waals surface area contributed by atoms with E-state index in [9.17, 15) is 37.5 Å². The molecule has 0 unspecified atom stereocenters. The highest BCUT2D eigenvalue weighted by Crippen LogP contribution is 2.38. The Morgan fingerprint density at radius 2 is 0.917 bits per heavy atom. The van der Waals surface area contributed by atoms with Crippen molar-refractivity contribution in [3.05, 3.63) is 71.3 Å². The van der Waals surface area contributed by atoms with E-state index in [0.717, 1.165) is 10.1 Å². The van der Waals surface area contributed by atoms with Gasteiger partial charge >= 0.3 is 23.9 Å². The number of ether oxygens (including phenoxy) is 2. The summed E-state index contributed by atoms with van der Waals surface area (Å²) in [7, 11) is 2.34. The minimum absolute atomic E-state index is 0.0411. The zero-order valence-electron chi connectivity index (χ0n) is 35.7. The lowest BCUT2D eigenvalue weighted by Crippen LogP contribution is -2.68. The molecule has 0 aliphatic carbocycles. The average Bonchev–Trinajstić information content (AvgIpc) is 3.19. The molecule has 2 heterocycles. The van der Waals surface area contributed by atoms with Gasteiger partial charge in [-0.2, -0.15) is 0 Å². The van der Waals surface area contributed by atoms with Crippen molar-refractivity contribution >= 4 is 35.7 Å². The number of methoxy groups -OCH3 is 2. The molecular weight excluding hydrogens is 790 g/mol. The Kier molecular flexibility index (Phi) is 15.9. The Morgan fingerprint density at radius 1 is 0.600 bits per heavy atom. The number of hydrogen-bond acceptors (Lipinski definition) is 12. The van der Waals surface area contributed by atoms with Crippen molar-refractivity contribution < 1.29 is 75.7 Å². The first-order chi connectivity index (χ1) is 28.3. The Hall–Kier alpha value is -5.04. The third-order valence-electron chi connectivity index (χ3n) is 10.9. The maximum absolute atomic E-state index is 14.5. The molecule has 2 amide bonds. The highest BCUT2D eigenvalue weighted by molar-refractivity contribution is 6.29. The van der Waals surface area contributed by atoms with Gasteiger partial charge in [0.25, 0.3) is 0 Å². The third-order valence-corrected chi connectivity index (χ3v) is 10.9. The molecule has 2 fully saturated rings. The van der Waals surface area contributed by atoms with Gasteiger partial charge in [0.05, 0.1) is 14.2 Å². The molecule has 16 nitrogen and oxygen atoms in total. The smallest absolute Gasteiger partial charge is 0.467 e. The summed E-state index contributed by atoms with van der Waals surface area (Å²) in [5, 5.41) is 1.79. The highest BCUT2D eigenvalue weighted by atomic mass is 19.1. The van der Waals surface area contributed by atoms with E-state index in [4.69, 9.17) is 28.8 Å². The van der Waals surface area contributed by atoms with Crippen molar-refractivity contribution in [3.8, 4) is 0 Å². The molecule has 2 aromatic carbocycles. The van der Waals surface area contributed by atoms with E-state index in [0.29, 0.717) is 0 Å². The summed E-state index contributed by atoms with van der Waals surface area (Å²) in [6.45, 7) is 9.55. The largest absolute Gasteiger partial charge is 0.480 e. The molecule has 18 heteroatoms. The fourth-order valence-electron chi connectivity index (χ4n) is 8.30. The Bertz CT molecular complexity index is 1740. The number of carbonyl (C=O) groups excluding carboxylic acids is 6. The standard InChI is InChI=1S/C42H58F2N4O12/c1-29(2)25-47(21-17-41(18-22-47,39(53)55-7)45(31(5)49)57-27-33-13-9-11-15-35(33)43)59-37(51)38(52)60-48(26-30(3)4)23-19-42(20-24-48,40(54)56-8)46(32(6)50)58-28-34-14-10-12-16-36(34)44/h9-16,29-30H,17-28H2,1-8H3/q+2. The van der Waals surface area contributed by atoms with Gasteiger partial charge in [0.2, 0.25) is 11.8 Å². The molecule has 0 N–H and O–H groups in total. The van der Waals surface area contributed by atoms with Crippen LogP contribution in [0.1, 0.15) is 78.4 Å². The molecule has 0 atom stereocenters. The predicted octanol–water partition coefficient (Wildman–Crippen LogP) is 4.50. The molecule has 60 heavy (non-hydrogen) atoms. The summed E-state index contributed by atoms with van der Waals surface area (Å²) in [5.41, 5.74) is -3.03. The van der Waals surface area contributed by atoms with E-state index >= 15 is 0 Å². The highest BCUT2D eigenvalue weighted by Gasteiger charge is 2.59. The molecule has 2 aromatic rings. The minimum atomic E-state index is -1.67. The number of nitrogens with zero attached hydrogens (tertiary/aromatic N) is 4. The van der Waals surface area contributed by atoms with Crippen molar-refractivity contribution in [3.63, 3.8) is 0 Å². The zero-order chi connectivity index (χ0) is 44.5. The van der Waals surface area contributed by atoms with Gasteiger partial charge in [-0.15, -0.1) is 9.29 Å². The summed E-state index contributed by atoms with van der Waals surface area (Å²) >= 11 is 0. The van der Waals surface area contributed by atoms with E-state index in [1.165, 1.54) is 64.5 Å². The van der Waals surface area contributed by atoms with Gasteiger partial charge in [-0.3, -0.25) is 28.9 Å². The van der Waals surface area contributed by atoms with E-state index in [1.54, 1.807) is 12.1 Å². The Labute approximate surface area is 349 Å². The number of hydrogen-bond donors (Lipinski definition) is 0. The second-order valence-corrected chi connectivity index (χ2v) is 16.3. The van der Waals surface area contributed by atoms with Crippen LogP contribution in [0.4, 0.5) is 8.78 Å². The maximum Gasteiger partial charge on any atom is 0.480 e. The quantitative estimate of drug-likeness (QED) is 0.101. The Morgan fingerprint density at radius 3 is 1.18 bits per heavy atom. The number of likely N-dealkylation sites (tertiary alicyclic amines) is 2. The SMILES string of the molecule is COC(=O)C1(N(OCc2ccccc2F)C(C)=O)CC[N+](CC(C)C)(OC(=O)C(=O)O[N+]2(CC(C)C)CCC(C(=O)OC)(N(OCc3ccccc3F)C(C)=O)CC2)CC1. The molecule has 0 aromatic heterocycles. The number of hydroxylamine groups is 10. The van der Waals surface area contributed by atoms with Crippen LogP contribution >= 0.6 is 0 Å². The lowest BCUT2D eigenvalue weighted by Gasteiger charge is -2.48.